The second kappa shape index (κ2) is 45.9. The summed E-state index contributed by atoms with van der Waals surface area (Å²) in [5.41, 5.74) is 0. The van der Waals surface area contributed by atoms with E-state index in [2.05, 4.69) is 5.32 Å². The zero-order valence-electron chi connectivity index (χ0n) is 32.5. The van der Waals surface area contributed by atoms with Crippen molar-refractivity contribution in [1.29, 1.82) is 0 Å². The van der Waals surface area contributed by atoms with Gasteiger partial charge in [-0.3, -0.25) is 0 Å². The molecular weight excluding hydrogens is 574 g/mol. The third kappa shape index (κ3) is 45.9. The molecule has 0 aromatic heterocycles. The molecule has 0 unspecified atom stereocenters. The van der Waals surface area contributed by atoms with E-state index < -0.39 is 0 Å². The van der Waals surface area contributed by atoms with Crippen LogP contribution in [0.1, 0.15) is 257 Å². The average Bonchev–Trinajstić information content (AvgIpc) is 3.08. The van der Waals surface area contributed by atoms with Gasteiger partial charge in [0.1, 0.15) is 0 Å². The highest BCUT2D eigenvalue weighted by atomic mass is 16.3. The van der Waals surface area contributed by atoms with Gasteiger partial charge in [-0.1, -0.05) is 231 Å². The molecule has 0 atom stereocenters. The standard InChI is InChI=1S/C44H91NO2/c46-43-39-35-31-27-23-19-15-11-7-3-1-5-9-13-17-21-25-29-33-37-41-45-42-38-34-30-26-22-18-14-10-6-2-4-8-12-16-20-24-28-32-36-40-44-47/h45-47H,1-44H2. The molecule has 0 aliphatic heterocycles. The van der Waals surface area contributed by atoms with Crippen LogP contribution in [-0.2, 0) is 0 Å². The molecule has 47 heavy (non-hydrogen) atoms. The molecule has 0 bridgehead atoms. The summed E-state index contributed by atoms with van der Waals surface area (Å²) in [7, 11) is 0. The summed E-state index contributed by atoms with van der Waals surface area (Å²) in [6.45, 7) is 3.21. The lowest BCUT2D eigenvalue weighted by Crippen LogP contribution is -2.16. The molecule has 3 nitrogen and oxygen atoms in total. The highest BCUT2D eigenvalue weighted by Gasteiger charge is 1.98. The van der Waals surface area contributed by atoms with E-state index in [-0.39, 0.29) is 0 Å². The summed E-state index contributed by atoms with van der Waals surface area (Å²) in [6.07, 6.45) is 56.0. The lowest BCUT2D eigenvalue weighted by atomic mass is 10.0. The SMILES string of the molecule is OCCCCCCCCCCCCCCCCCCCCCCNCCCCCCCCCCCCCCCCCCCCCCO. The van der Waals surface area contributed by atoms with Crippen LogP contribution in [0.25, 0.3) is 0 Å². The van der Waals surface area contributed by atoms with Crippen molar-refractivity contribution >= 4 is 0 Å². The lowest BCUT2D eigenvalue weighted by molar-refractivity contribution is 0.282. The predicted molar refractivity (Wildman–Crippen MR) is 212 cm³/mol. The van der Waals surface area contributed by atoms with Crippen molar-refractivity contribution in [2.75, 3.05) is 26.3 Å². The molecule has 0 saturated heterocycles. The van der Waals surface area contributed by atoms with Gasteiger partial charge >= 0.3 is 0 Å². The zero-order chi connectivity index (χ0) is 33.8. The summed E-state index contributed by atoms with van der Waals surface area (Å²) < 4.78 is 0. The molecule has 0 saturated carbocycles. The molecule has 0 heterocycles. The van der Waals surface area contributed by atoms with E-state index in [1.807, 2.05) is 0 Å². The number of hydrogen-bond acceptors (Lipinski definition) is 3. The number of rotatable bonds is 44. The molecule has 0 spiro atoms. The second-order valence-corrected chi connectivity index (χ2v) is 15.3. The third-order valence-electron chi connectivity index (χ3n) is 10.5. The largest absolute Gasteiger partial charge is 0.396 e. The van der Waals surface area contributed by atoms with Gasteiger partial charge in [-0.2, -0.15) is 0 Å². The Morgan fingerprint density at radius 1 is 0.170 bits per heavy atom. The second-order valence-electron chi connectivity index (χ2n) is 15.3. The highest BCUT2D eigenvalue weighted by molar-refractivity contribution is 4.55. The van der Waals surface area contributed by atoms with Gasteiger partial charge in [0.2, 0.25) is 0 Å². The Morgan fingerprint density at radius 2 is 0.298 bits per heavy atom. The van der Waals surface area contributed by atoms with Gasteiger partial charge in [-0.25, -0.2) is 0 Å². The number of aliphatic hydroxyl groups is 2. The molecule has 0 aromatic rings. The number of nitrogens with one attached hydrogen (secondary N) is 1. The Morgan fingerprint density at radius 3 is 0.447 bits per heavy atom. The number of aliphatic hydroxyl groups excluding tert-OH is 2. The first-order valence-corrected chi connectivity index (χ1v) is 22.3. The molecule has 0 radical (unpaired) electrons. The summed E-state index contributed by atoms with van der Waals surface area (Å²) in [4.78, 5) is 0. The van der Waals surface area contributed by atoms with E-state index in [4.69, 9.17) is 10.2 Å². The third-order valence-corrected chi connectivity index (χ3v) is 10.5. The molecular formula is C44H91NO2. The van der Waals surface area contributed by atoms with Gasteiger partial charge in [0.15, 0.2) is 0 Å². The normalized spacial score (nSPS) is 11.6. The molecule has 0 fully saturated rings. The van der Waals surface area contributed by atoms with Crippen LogP contribution in [0.3, 0.4) is 0 Å². The maximum absolute atomic E-state index is 8.80. The smallest absolute Gasteiger partial charge is 0.0431 e. The fourth-order valence-electron chi connectivity index (χ4n) is 7.21. The average molecular weight is 666 g/mol. The van der Waals surface area contributed by atoms with Gasteiger partial charge < -0.3 is 15.5 Å². The van der Waals surface area contributed by atoms with Crippen LogP contribution in [0.5, 0.6) is 0 Å². The van der Waals surface area contributed by atoms with E-state index in [0.29, 0.717) is 13.2 Å². The van der Waals surface area contributed by atoms with E-state index in [1.54, 1.807) is 0 Å². The van der Waals surface area contributed by atoms with Crippen molar-refractivity contribution < 1.29 is 10.2 Å². The molecule has 3 heteroatoms. The zero-order valence-corrected chi connectivity index (χ0v) is 32.5. The van der Waals surface area contributed by atoms with Crippen LogP contribution in [0.4, 0.5) is 0 Å². The van der Waals surface area contributed by atoms with Gasteiger partial charge in [0, 0.05) is 13.2 Å². The summed E-state index contributed by atoms with van der Waals surface area (Å²) in [5, 5.41) is 21.3. The fourth-order valence-corrected chi connectivity index (χ4v) is 7.21. The van der Waals surface area contributed by atoms with Crippen LogP contribution >= 0.6 is 0 Å². The maximum Gasteiger partial charge on any atom is 0.0431 e. The molecule has 0 rings (SSSR count). The predicted octanol–water partition coefficient (Wildman–Crippen LogP) is 14.2. The van der Waals surface area contributed by atoms with Crippen LogP contribution < -0.4 is 5.32 Å². The van der Waals surface area contributed by atoms with Gasteiger partial charge in [-0.05, 0) is 38.8 Å². The summed E-state index contributed by atoms with van der Waals surface area (Å²) in [5.74, 6) is 0. The van der Waals surface area contributed by atoms with Crippen LogP contribution in [0.2, 0.25) is 0 Å². The Balaban J connectivity index is 3.03. The van der Waals surface area contributed by atoms with E-state index in [0.717, 1.165) is 12.8 Å². The Hall–Kier alpha value is -0.120. The summed E-state index contributed by atoms with van der Waals surface area (Å²) in [6, 6.07) is 0. The Kier molecular flexibility index (Phi) is 45.8. The minimum atomic E-state index is 0.371. The molecule has 0 aliphatic carbocycles. The molecule has 0 amide bonds. The van der Waals surface area contributed by atoms with Crippen LogP contribution in [0.15, 0.2) is 0 Å². The first-order chi connectivity index (χ1) is 23.4. The van der Waals surface area contributed by atoms with Gasteiger partial charge in [0.25, 0.3) is 0 Å². The Bertz CT molecular complexity index is 469. The topological polar surface area (TPSA) is 52.5 Å². The van der Waals surface area contributed by atoms with Crippen molar-refractivity contribution in [3.05, 3.63) is 0 Å². The maximum atomic E-state index is 8.80. The van der Waals surface area contributed by atoms with Gasteiger partial charge in [0.05, 0.1) is 0 Å². The van der Waals surface area contributed by atoms with E-state index >= 15 is 0 Å². The lowest BCUT2D eigenvalue weighted by Gasteiger charge is -2.06. The van der Waals surface area contributed by atoms with E-state index in [9.17, 15) is 0 Å². The molecule has 284 valence electrons. The number of hydrogen-bond donors (Lipinski definition) is 3. The summed E-state index contributed by atoms with van der Waals surface area (Å²) >= 11 is 0. The van der Waals surface area contributed by atoms with E-state index in [1.165, 1.54) is 257 Å². The van der Waals surface area contributed by atoms with Crippen molar-refractivity contribution in [2.45, 2.75) is 257 Å². The van der Waals surface area contributed by atoms with Crippen molar-refractivity contribution in [3.8, 4) is 0 Å². The molecule has 3 N–H and O–H groups in total. The van der Waals surface area contributed by atoms with Crippen molar-refractivity contribution in [3.63, 3.8) is 0 Å². The minimum absolute atomic E-state index is 0.371. The monoisotopic (exact) mass is 666 g/mol. The number of unbranched alkanes of at least 4 members (excludes halogenated alkanes) is 38. The van der Waals surface area contributed by atoms with Crippen molar-refractivity contribution in [1.82, 2.24) is 5.32 Å². The van der Waals surface area contributed by atoms with Crippen molar-refractivity contribution in [2.24, 2.45) is 0 Å². The van der Waals surface area contributed by atoms with Gasteiger partial charge in [-0.15, -0.1) is 0 Å². The first-order valence-electron chi connectivity index (χ1n) is 22.3. The first kappa shape index (κ1) is 46.9. The quantitative estimate of drug-likeness (QED) is 0.0568. The molecule has 0 aromatic carbocycles. The highest BCUT2D eigenvalue weighted by Crippen LogP contribution is 2.16. The fraction of sp³-hybridized carbons (Fsp3) is 1.00. The van der Waals surface area contributed by atoms with Crippen LogP contribution in [0, 0.1) is 0 Å². The molecule has 0 aliphatic rings. The van der Waals surface area contributed by atoms with Crippen LogP contribution in [-0.4, -0.2) is 36.5 Å². The minimum Gasteiger partial charge on any atom is -0.396 e. The Labute approximate surface area is 298 Å².